The molecule has 2 amide bonds. The number of nitrogens with one attached hydrogen (secondary N) is 1. The van der Waals surface area contributed by atoms with Gasteiger partial charge in [0.15, 0.2) is 6.10 Å². The fourth-order valence-electron chi connectivity index (χ4n) is 2.36. The maximum Gasteiger partial charge on any atom is 0.267 e. The minimum Gasteiger partial charge on any atom is -0.479 e. The van der Waals surface area contributed by atoms with Crippen molar-refractivity contribution < 1.29 is 19.1 Å². The highest BCUT2D eigenvalue weighted by molar-refractivity contribution is 6.01. The first-order chi connectivity index (χ1) is 10.6. The number of ether oxygens (including phenoxy) is 2. The SMILES string of the molecule is CCCCN1C(=O)C(C)Oc2ccc(NC(=O)COC)cc21. The molecule has 0 aromatic heterocycles. The second kappa shape index (κ2) is 7.26. The van der Waals surface area contributed by atoms with E-state index in [0.29, 0.717) is 23.7 Å². The number of nitrogens with zero attached hydrogens (tertiary/aromatic N) is 1. The van der Waals surface area contributed by atoms with Gasteiger partial charge in [0.25, 0.3) is 5.91 Å². The molecule has 6 heteroatoms. The molecular formula is C16H22N2O4. The molecule has 1 aromatic rings. The lowest BCUT2D eigenvalue weighted by Gasteiger charge is -2.33. The molecule has 0 saturated carbocycles. The van der Waals surface area contributed by atoms with E-state index in [1.165, 1.54) is 7.11 Å². The first kappa shape index (κ1) is 16.3. The van der Waals surface area contributed by atoms with Gasteiger partial charge >= 0.3 is 0 Å². The van der Waals surface area contributed by atoms with Crippen LogP contribution in [0.25, 0.3) is 0 Å². The van der Waals surface area contributed by atoms with Crippen LogP contribution in [0.2, 0.25) is 0 Å². The largest absolute Gasteiger partial charge is 0.479 e. The first-order valence-corrected chi connectivity index (χ1v) is 7.47. The summed E-state index contributed by atoms with van der Waals surface area (Å²) in [6, 6.07) is 5.30. The quantitative estimate of drug-likeness (QED) is 0.875. The van der Waals surface area contributed by atoms with Gasteiger partial charge in [0.2, 0.25) is 5.91 Å². The van der Waals surface area contributed by atoms with Crippen molar-refractivity contribution in [2.75, 3.05) is 30.5 Å². The van der Waals surface area contributed by atoms with E-state index in [0.717, 1.165) is 12.8 Å². The lowest BCUT2D eigenvalue weighted by atomic mass is 10.1. The van der Waals surface area contributed by atoms with Crippen LogP contribution in [0.15, 0.2) is 18.2 Å². The van der Waals surface area contributed by atoms with E-state index in [2.05, 4.69) is 12.2 Å². The molecule has 6 nitrogen and oxygen atoms in total. The molecule has 0 aliphatic carbocycles. The molecule has 1 aliphatic rings. The van der Waals surface area contributed by atoms with Gasteiger partial charge in [-0.05, 0) is 31.5 Å². The molecular weight excluding hydrogens is 284 g/mol. The highest BCUT2D eigenvalue weighted by Crippen LogP contribution is 2.36. The molecule has 1 unspecified atom stereocenters. The Labute approximate surface area is 130 Å². The summed E-state index contributed by atoms with van der Waals surface area (Å²) in [4.78, 5) is 25.7. The van der Waals surface area contributed by atoms with Crippen LogP contribution in [0.4, 0.5) is 11.4 Å². The summed E-state index contributed by atoms with van der Waals surface area (Å²) < 4.78 is 10.4. The zero-order valence-corrected chi connectivity index (χ0v) is 13.2. The summed E-state index contributed by atoms with van der Waals surface area (Å²) in [7, 11) is 1.47. The number of amides is 2. The Hall–Kier alpha value is -2.08. The van der Waals surface area contributed by atoms with E-state index in [4.69, 9.17) is 9.47 Å². The van der Waals surface area contributed by atoms with Gasteiger partial charge in [0.1, 0.15) is 12.4 Å². The Morgan fingerprint density at radius 2 is 2.23 bits per heavy atom. The zero-order valence-electron chi connectivity index (χ0n) is 13.2. The summed E-state index contributed by atoms with van der Waals surface area (Å²) >= 11 is 0. The molecule has 1 heterocycles. The number of methoxy groups -OCH3 is 1. The summed E-state index contributed by atoms with van der Waals surface area (Å²) in [5.74, 6) is 0.369. The highest BCUT2D eigenvalue weighted by atomic mass is 16.5. The second-order valence-corrected chi connectivity index (χ2v) is 5.27. The maximum absolute atomic E-state index is 12.3. The normalized spacial score (nSPS) is 17.0. The van der Waals surface area contributed by atoms with Crippen molar-refractivity contribution in [3.63, 3.8) is 0 Å². The fraction of sp³-hybridized carbons (Fsp3) is 0.500. The number of carbonyl (C=O) groups is 2. The smallest absolute Gasteiger partial charge is 0.267 e. The van der Waals surface area contributed by atoms with E-state index in [1.807, 2.05) is 0 Å². The maximum atomic E-state index is 12.3. The minimum atomic E-state index is -0.488. The summed E-state index contributed by atoms with van der Waals surface area (Å²) in [5.41, 5.74) is 1.32. The average molecular weight is 306 g/mol. The van der Waals surface area contributed by atoms with Gasteiger partial charge in [-0.15, -0.1) is 0 Å². The van der Waals surface area contributed by atoms with Crippen LogP contribution < -0.4 is 15.0 Å². The average Bonchev–Trinajstić information content (AvgIpc) is 2.48. The Kier molecular flexibility index (Phi) is 5.38. The number of benzene rings is 1. The Morgan fingerprint density at radius 1 is 1.45 bits per heavy atom. The van der Waals surface area contributed by atoms with Crippen LogP contribution in [-0.2, 0) is 14.3 Å². The fourth-order valence-corrected chi connectivity index (χ4v) is 2.36. The van der Waals surface area contributed by atoms with Crippen molar-refractivity contribution in [3.05, 3.63) is 18.2 Å². The minimum absolute atomic E-state index is 0.0108. The van der Waals surface area contributed by atoms with Crippen LogP contribution in [-0.4, -0.2) is 38.2 Å². The van der Waals surface area contributed by atoms with E-state index in [-0.39, 0.29) is 18.4 Å². The molecule has 0 radical (unpaired) electrons. The van der Waals surface area contributed by atoms with Crippen LogP contribution >= 0.6 is 0 Å². The van der Waals surface area contributed by atoms with Crippen LogP contribution in [0, 0.1) is 0 Å². The van der Waals surface area contributed by atoms with E-state index in [1.54, 1.807) is 30.0 Å². The molecule has 0 bridgehead atoms. The van der Waals surface area contributed by atoms with Crippen molar-refractivity contribution in [1.82, 2.24) is 0 Å². The molecule has 22 heavy (non-hydrogen) atoms. The molecule has 1 N–H and O–H groups in total. The number of fused-ring (bicyclic) bond motifs is 1. The number of carbonyl (C=O) groups excluding carboxylic acids is 2. The summed E-state index contributed by atoms with van der Waals surface area (Å²) in [5, 5.41) is 2.74. The molecule has 0 spiro atoms. The predicted molar refractivity (Wildman–Crippen MR) is 84.3 cm³/mol. The second-order valence-electron chi connectivity index (χ2n) is 5.27. The molecule has 1 aliphatic heterocycles. The number of hydrogen-bond acceptors (Lipinski definition) is 4. The summed E-state index contributed by atoms with van der Waals surface area (Å²) in [6.07, 6.45) is 1.43. The van der Waals surface area contributed by atoms with E-state index in [9.17, 15) is 9.59 Å². The standard InChI is InChI=1S/C16H22N2O4/c1-4-5-8-18-13-9-12(17-15(19)10-21-3)6-7-14(13)22-11(2)16(18)20/h6-7,9,11H,4-5,8,10H2,1-3H3,(H,17,19). The van der Waals surface area contributed by atoms with Gasteiger partial charge in [-0.1, -0.05) is 13.3 Å². The molecule has 1 aromatic carbocycles. The predicted octanol–water partition coefficient (Wildman–Crippen LogP) is 2.19. The van der Waals surface area contributed by atoms with Crippen molar-refractivity contribution in [1.29, 1.82) is 0 Å². The molecule has 0 saturated heterocycles. The van der Waals surface area contributed by atoms with Crippen LogP contribution in [0.1, 0.15) is 26.7 Å². The first-order valence-electron chi connectivity index (χ1n) is 7.47. The van der Waals surface area contributed by atoms with E-state index >= 15 is 0 Å². The van der Waals surface area contributed by atoms with Gasteiger partial charge in [-0.2, -0.15) is 0 Å². The molecule has 120 valence electrons. The Morgan fingerprint density at radius 3 is 2.91 bits per heavy atom. The Balaban J connectivity index is 2.26. The van der Waals surface area contributed by atoms with Gasteiger partial charge in [-0.25, -0.2) is 0 Å². The van der Waals surface area contributed by atoms with Crippen molar-refractivity contribution in [2.45, 2.75) is 32.8 Å². The van der Waals surface area contributed by atoms with Crippen molar-refractivity contribution >= 4 is 23.2 Å². The van der Waals surface area contributed by atoms with Gasteiger partial charge in [0.05, 0.1) is 5.69 Å². The molecule has 1 atom stereocenters. The Bertz CT molecular complexity index is 559. The molecule has 2 rings (SSSR count). The highest BCUT2D eigenvalue weighted by Gasteiger charge is 2.31. The number of unbranched alkanes of at least 4 members (excludes halogenated alkanes) is 1. The third-order valence-electron chi connectivity index (χ3n) is 3.46. The molecule has 0 fully saturated rings. The van der Waals surface area contributed by atoms with Crippen molar-refractivity contribution in [2.24, 2.45) is 0 Å². The lowest BCUT2D eigenvalue weighted by molar-refractivity contribution is -0.125. The number of anilines is 2. The number of rotatable bonds is 6. The van der Waals surface area contributed by atoms with Gasteiger partial charge in [0, 0.05) is 19.3 Å². The zero-order chi connectivity index (χ0) is 16.1. The topological polar surface area (TPSA) is 67.9 Å². The van der Waals surface area contributed by atoms with Gasteiger partial charge in [-0.3, -0.25) is 9.59 Å². The third kappa shape index (κ3) is 3.57. The monoisotopic (exact) mass is 306 g/mol. The van der Waals surface area contributed by atoms with Gasteiger partial charge < -0.3 is 19.7 Å². The van der Waals surface area contributed by atoms with Crippen LogP contribution in [0.3, 0.4) is 0 Å². The van der Waals surface area contributed by atoms with Crippen LogP contribution in [0.5, 0.6) is 5.75 Å². The van der Waals surface area contributed by atoms with E-state index < -0.39 is 6.10 Å². The lowest BCUT2D eigenvalue weighted by Crippen LogP contribution is -2.44. The van der Waals surface area contributed by atoms with Crippen molar-refractivity contribution in [3.8, 4) is 5.75 Å². The number of hydrogen-bond donors (Lipinski definition) is 1. The third-order valence-corrected chi connectivity index (χ3v) is 3.46. The summed E-state index contributed by atoms with van der Waals surface area (Å²) in [6.45, 7) is 4.46.